The molecule has 374 valence electrons. The van der Waals surface area contributed by atoms with Crippen molar-refractivity contribution in [3.05, 3.63) is 65.9 Å². The average molecular weight is 959 g/mol. The third kappa shape index (κ3) is 9.80. The van der Waals surface area contributed by atoms with Gasteiger partial charge >= 0.3 is 12.2 Å². The lowest BCUT2D eigenvalue weighted by molar-refractivity contribution is -0.137. The largest absolute Gasteiger partial charge is 0.488 e. The number of ether oxygens (including phenoxy) is 4. The summed E-state index contributed by atoms with van der Waals surface area (Å²) in [5.41, 5.74) is 6.59. The maximum atomic E-state index is 14.5. The highest BCUT2D eigenvalue weighted by atomic mass is 16.5. The zero-order chi connectivity index (χ0) is 49.2. The van der Waals surface area contributed by atoms with E-state index in [-0.39, 0.29) is 47.7 Å². The summed E-state index contributed by atoms with van der Waals surface area (Å²) >= 11 is 0. The molecule has 4 aliphatic rings. The standard InChI is InChI=1S/C54H70N8O8/c1-8-30(3)46(59-53(65)67-6)51(63)61-26-34(28-69-27-33-13-11-10-12-14-33)21-44(61)50-56-41-19-17-35-23-40-38-18-16-36(22-37(38)29-70-45(40)24-39(35)48(41)58-50)42-25-55-49(57-42)43-20-15-32(5)62(43)52(64)47(31(4)9-2)60-54(66)68-7/h16-19,22-25,30-34,43-44,46-47H,8-15,20-21,26-29H2,1-7H3,(H,55,57)(H,56,58)(H,59,65)(H,60,66)/t30-,31-,32-,34-,43-,44-,46-,47-/m0/s1. The van der Waals surface area contributed by atoms with Crippen LogP contribution in [0.2, 0.25) is 0 Å². The van der Waals surface area contributed by atoms with Crippen LogP contribution in [0.25, 0.3) is 44.2 Å². The first-order valence-corrected chi connectivity index (χ1v) is 25.6. The molecule has 9 rings (SSSR count). The number of likely N-dealkylation sites (tertiary alicyclic amines) is 2. The Hall–Kier alpha value is -6.16. The van der Waals surface area contributed by atoms with Gasteiger partial charge in [-0.05, 0) is 103 Å². The Labute approximate surface area is 410 Å². The van der Waals surface area contributed by atoms with E-state index in [1.807, 2.05) is 56.7 Å². The fourth-order valence-corrected chi connectivity index (χ4v) is 11.3. The lowest BCUT2D eigenvalue weighted by atomic mass is 9.90. The van der Waals surface area contributed by atoms with Crippen LogP contribution in [0.15, 0.2) is 48.7 Å². The quantitative estimate of drug-likeness (QED) is 0.0785. The number of aromatic nitrogens is 4. The number of amides is 4. The summed E-state index contributed by atoms with van der Waals surface area (Å²) in [5, 5.41) is 7.62. The van der Waals surface area contributed by atoms with Gasteiger partial charge in [-0.2, -0.15) is 0 Å². The summed E-state index contributed by atoms with van der Waals surface area (Å²) in [6, 6.07) is 12.7. The number of carbonyl (C=O) groups excluding carboxylic acids is 4. The minimum Gasteiger partial charge on any atom is -0.488 e. The van der Waals surface area contributed by atoms with Crippen LogP contribution >= 0.6 is 0 Å². The van der Waals surface area contributed by atoms with Gasteiger partial charge in [0.1, 0.15) is 36.1 Å². The predicted octanol–water partition coefficient (Wildman–Crippen LogP) is 9.75. The second-order valence-corrected chi connectivity index (χ2v) is 20.3. The third-order valence-electron chi connectivity index (χ3n) is 15.8. The smallest absolute Gasteiger partial charge is 0.407 e. The van der Waals surface area contributed by atoms with E-state index in [1.54, 1.807) is 0 Å². The highest BCUT2D eigenvalue weighted by Gasteiger charge is 2.43. The maximum absolute atomic E-state index is 14.5. The maximum Gasteiger partial charge on any atom is 0.407 e. The summed E-state index contributed by atoms with van der Waals surface area (Å²) < 4.78 is 22.7. The zero-order valence-electron chi connectivity index (χ0n) is 41.8. The highest BCUT2D eigenvalue weighted by Crippen LogP contribution is 2.44. The summed E-state index contributed by atoms with van der Waals surface area (Å²) in [6.07, 6.45) is 10.5. The van der Waals surface area contributed by atoms with E-state index >= 15 is 0 Å². The van der Waals surface area contributed by atoms with Crippen molar-refractivity contribution < 1.29 is 38.1 Å². The van der Waals surface area contributed by atoms with E-state index in [4.69, 9.17) is 28.9 Å². The molecule has 8 atom stereocenters. The van der Waals surface area contributed by atoms with Crippen molar-refractivity contribution in [3.8, 4) is 28.1 Å². The molecule has 2 aromatic heterocycles. The SMILES string of the molecule is CC[C@H](C)[C@H](NC(=O)OC)C(=O)N1C[C@@H](COCC2CCCCC2)C[C@H]1c1nc2ccc3cc4c(cc3c2[nH]1)OCc1cc(-c2cnc([C@@H]3CC[C@H](C)N3C(=O)[C@@H](NC(=O)OC)[C@@H](C)CC)[nH]2)ccc1-4. The second-order valence-electron chi connectivity index (χ2n) is 20.3. The fraction of sp³-hybridized carbons (Fsp3) is 0.556. The molecule has 4 N–H and O–H groups in total. The van der Waals surface area contributed by atoms with Gasteiger partial charge < -0.3 is 49.3 Å². The number of imidazole rings is 2. The lowest BCUT2D eigenvalue weighted by Gasteiger charge is -2.33. The van der Waals surface area contributed by atoms with E-state index < -0.39 is 24.3 Å². The number of benzene rings is 3. The van der Waals surface area contributed by atoms with Crippen LogP contribution in [0.1, 0.15) is 128 Å². The Bertz CT molecular complexity index is 2710. The van der Waals surface area contributed by atoms with E-state index in [9.17, 15) is 19.2 Å². The van der Waals surface area contributed by atoms with Gasteiger partial charge in [0, 0.05) is 36.1 Å². The van der Waals surface area contributed by atoms with E-state index in [0.717, 1.165) is 81.4 Å². The van der Waals surface area contributed by atoms with Gasteiger partial charge in [-0.3, -0.25) is 9.59 Å². The van der Waals surface area contributed by atoms with Crippen molar-refractivity contribution in [3.63, 3.8) is 0 Å². The molecule has 1 saturated carbocycles. The summed E-state index contributed by atoms with van der Waals surface area (Å²) in [6.45, 7) is 12.2. The number of alkyl carbamates (subject to hydrolysis) is 2. The number of hydrogen-bond acceptors (Lipinski definition) is 10. The van der Waals surface area contributed by atoms with E-state index in [0.29, 0.717) is 50.2 Å². The topological polar surface area (TPSA) is 193 Å². The molecule has 16 nitrogen and oxygen atoms in total. The highest BCUT2D eigenvalue weighted by molar-refractivity contribution is 6.07. The number of carbonyl (C=O) groups is 4. The molecule has 70 heavy (non-hydrogen) atoms. The zero-order valence-corrected chi connectivity index (χ0v) is 41.8. The van der Waals surface area contributed by atoms with Gasteiger partial charge in [0.05, 0.1) is 55.8 Å². The number of methoxy groups -OCH3 is 2. The number of nitrogens with zero attached hydrogens (tertiary/aromatic N) is 4. The molecule has 0 spiro atoms. The van der Waals surface area contributed by atoms with Gasteiger partial charge in [-0.15, -0.1) is 0 Å². The molecule has 0 radical (unpaired) electrons. The Morgan fingerprint density at radius 2 is 1.51 bits per heavy atom. The average Bonchev–Trinajstić information content (AvgIpc) is 4.22. The van der Waals surface area contributed by atoms with Crippen LogP contribution in [0.5, 0.6) is 5.75 Å². The number of rotatable bonds is 15. The van der Waals surface area contributed by atoms with Crippen LogP contribution in [0.3, 0.4) is 0 Å². The molecular weight excluding hydrogens is 889 g/mol. The van der Waals surface area contributed by atoms with Crippen molar-refractivity contribution in [2.24, 2.45) is 23.7 Å². The minimum atomic E-state index is -0.748. The summed E-state index contributed by atoms with van der Waals surface area (Å²) in [4.78, 5) is 74.3. The summed E-state index contributed by atoms with van der Waals surface area (Å²) in [7, 11) is 2.62. The minimum absolute atomic E-state index is 0.0204. The van der Waals surface area contributed by atoms with Crippen molar-refractivity contribution in [2.45, 2.75) is 136 Å². The van der Waals surface area contributed by atoms with Crippen LogP contribution in [0.4, 0.5) is 9.59 Å². The molecule has 16 heteroatoms. The molecule has 3 aromatic carbocycles. The number of nitrogens with one attached hydrogen (secondary N) is 4. The predicted molar refractivity (Wildman–Crippen MR) is 267 cm³/mol. The second kappa shape index (κ2) is 21.1. The van der Waals surface area contributed by atoms with Crippen molar-refractivity contribution in [2.75, 3.05) is 34.0 Å². The van der Waals surface area contributed by atoms with Gasteiger partial charge in [0.2, 0.25) is 11.8 Å². The molecule has 0 unspecified atom stereocenters. The van der Waals surface area contributed by atoms with Crippen LogP contribution in [-0.2, 0) is 30.4 Å². The van der Waals surface area contributed by atoms with Crippen LogP contribution < -0.4 is 15.4 Å². The monoisotopic (exact) mass is 959 g/mol. The molecule has 5 aromatic rings. The lowest BCUT2D eigenvalue weighted by Crippen LogP contribution is -2.53. The first-order chi connectivity index (χ1) is 33.9. The van der Waals surface area contributed by atoms with Crippen molar-refractivity contribution in [1.82, 2.24) is 40.4 Å². The van der Waals surface area contributed by atoms with Gasteiger partial charge in [-0.25, -0.2) is 19.6 Å². The molecule has 3 fully saturated rings. The van der Waals surface area contributed by atoms with Gasteiger partial charge in [0.25, 0.3) is 0 Å². The molecule has 2 saturated heterocycles. The first kappa shape index (κ1) is 48.8. The number of hydrogen-bond donors (Lipinski definition) is 4. The van der Waals surface area contributed by atoms with Crippen molar-refractivity contribution >= 4 is 45.8 Å². The number of aromatic amines is 2. The number of H-pyrrole nitrogens is 2. The van der Waals surface area contributed by atoms with E-state index in [2.05, 4.69) is 57.0 Å². The molecule has 5 heterocycles. The van der Waals surface area contributed by atoms with Crippen molar-refractivity contribution in [1.29, 1.82) is 0 Å². The van der Waals surface area contributed by atoms with Gasteiger partial charge in [0.15, 0.2) is 0 Å². The molecule has 1 aliphatic carbocycles. The Balaban J connectivity index is 0.962. The Kier molecular flexibility index (Phi) is 14.7. The van der Waals surface area contributed by atoms with Gasteiger partial charge in [-0.1, -0.05) is 78.0 Å². The third-order valence-corrected chi connectivity index (χ3v) is 15.8. The number of fused-ring (bicyclic) bond motifs is 6. The molecule has 0 bridgehead atoms. The fourth-order valence-electron chi connectivity index (χ4n) is 11.3. The Morgan fingerprint density at radius 1 is 0.800 bits per heavy atom. The van der Waals surface area contributed by atoms with Crippen LogP contribution in [-0.4, -0.2) is 106 Å². The molecule has 3 aliphatic heterocycles. The van der Waals surface area contributed by atoms with E-state index in [1.165, 1.54) is 46.3 Å². The summed E-state index contributed by atoms with van der Waals surface area (Å²) in [5.74, 6) is 2.42. The van der Waals surface area contributed by atoms with Crippen LogP contribution in [0, 0.1) is 23.7 Å². The Morgan fingerprint density at radius 3 is 2.23 bits per heavy atom. The normalized spacial score (nSPS) is 21.9. The molecule has 4 amide bonds. The molecular formula is C54H70N8O8. The first-order valence-electron chi connectivity index (χ1n) is 25.6.